The molecule has 0 saturated carbocycles. The quantitative estimate of drug-likeness (QED) is 0.783. The Balaban J connectivity index is 2.19. The van der Waals surface area contributed by atoms with Gasteiger partial charge in [-0.1, -0.05) is 6.07 Å². The van der Waals surface area contributed by atoms with E-state index in [-0.39, 0.29) is 11.5 Å². The van der Waals surface area contributed by atoms with E-state index < -0.39 is 0 Å². The summed E-state index contributed by atoms with van der Waals surface area (Å²) in [5, 5.41) is 0. The van der Waals surface area contributed by atoms with Gasteiger partial charge in [0.1, 0.15) is 11.3 Å². The van der Waals surface area contributed by atoms with Crippen LogP contribution in [0.1, 0.15) is 25.0 Å². The molecular formula is C18H21FN4O. The average Bonchev–Trinajstić information content (AvgIpc) is 2.88. The molecule has 0 atom stereocenters. The highest BCUT2D eigenvalue weighted by atomic mass is 19.1. The normalized spacial score (nSPS) is 11.2. The van der Waals surface area contributed by atoms with E-state index in [1.54, 1.807) is 16.8 Å². The van der Waals surface area contributed by atoms with Crippen LogP contribution in [0.15, 0.2) is 35.3 Å². The van der Waals surface area contributed by atoms with Crippen LogP contribution in [0.3, 0.4) is 0 Å². The fourth-order valence-corrected chi connectivity index (χ4v) is 3.02. The second kappa shape index (κ2) is 6.47. The van der Waals surface area contributed by atoms with Gasteiger partial charge in [-0.15, -0.1) is 0 Å². The molecule has 0 saturated heterocycles. The lowest BCUT2D eigenvalue weighted by Crippen LogP contribution is -2.24. The second-order valence-electron chi connectivity index (χ2n) is 5.79. The molecule has 5 nitrogen and oxygen atoms in total. The Hall–Kier alpha value is -2.63. The summed E-state index contributed by atoms with van der Waals surface area (Å²) in [5.41, 5.74) is 3.77. The first kappa shape index (κ1) is 16.2. The van der Waals surface area contributed by atoms with E-state index in [0.717, 1.165) is 35.4 Å². The highest BCUT2D eigenvalue weighted by molar-refractivity contribution is 5.86. The van der Waals surface area contributed by atoms with Crippen LogP contribution in [-0.4, -0.2) is 27.6 Å². The first-order valence-electron chi connectivity index (χ1n) is 8.12. The van der Waals surface area contributed by atoms with Gasteiger partial charge in [0.2, 0.25) is 0 Å². The lowest BCUT2D eigenvalue weighted by atomic mass is 10.1. The third-order valence-corrected chi connectivity index (χ3v) is 4.39. The molecule has 126 valence electrons. The highest BCUT2D eigenvalue weighted by Crippen LogP contribution is 2.24. The molecule has 0 radical (unpaired) electrons. The predicted octanol–water partition coefficient (Wildman–Crippen LogP) is 3.07. The van der Waals surface area contributed by atoms with Crippen LogP contribution in [-0.2, 0) is 6.54 Å². The van der Waals surface area contributed by atoms with Crippen molar-refractivity contribution >= 4 is 16.9 Å². The van der Waals surface area contributed by atoms with Crippen molar-refractivity contribution in [3.8, 4) is 0 Å². The van der Waals surface area contributed by atoms with Gasteiger partial charge in [-0.25, -0.2) is 14.2 Å². The van der Waals surface area contributed by atoms with Gasteiger partial charge in [0.25, 0.3) is 0 Å². The molecular weight excluding hydrogens is 307 g/mol. The predicted molar refractivity (Wildman–Crippen MR) is 94.2 cm³/mol. The first-order chi connectivity index (χ1) is 11.5. The average molecular weight is 328 g/mol. The zero-order valence-corrected chi connectivity index (χ0v) is 14.1. The Morgan fingerprint density at radius 3 is 2.71 bits per heavy atom. The molecule has 0 aliphatic heterocycles. The van der Waals surface area contributed by atoms with Crippen LogP contribution < -0.4 is 10.6 Å². The number of hydrogen-bond donors (Lipinski definition) is 1. The molecule has 24 heavy (non-hydrogen) atoms. The van der Waals surface area contributed by atoms with Crippen LogP contribution in [0.2, 0.25) is 0 Å². The fraction of sp³-hybridized carbons (Fsp3) is 0.333. The number of hydrogen-bond acceptors (Lipinski definition) is 3. The van der Waals surface area contributed by atoms with Crippen molar-refractivity contribution in [3.63, 3.8) is 0 Å². The lowest BCUT2D eigenvalue weighted by Gasteiger charge is -2.22. The van der Waals surface area contributed by atoms with E-state index in [1.165, 1.54) is 12.1 Å². The largest absolute Gasteiger partial charge is 0.370 e. The van der Waals surface area contributed by atoms with Crippen LogP contribution in [0.4, 0.5) is 10.1 Å². The van der Waals surface area contributed by atoms with Crippen molar-refractivity contribution in [2.24, 2.45) is 0 Å². The van der Waals surface area contributed by atoms with Gasteiger partial charge >= 0.3 is 5.69 Å². The van der Waals surface area contributed by atoms with Crippen molar-refractivity contribution < 1.29 is 4.39 Å². The van der Waals surface area contributed by atoms with Crippen molar-refractivity contribution in [1.29, 1.82) is 0 Å². The number of nitrogens with one attached hydrogen (secondary N) is 1. The SMILES string of the molecule is CCN(CC)c1ccnc2[nH]c(=O)n(Cc3cc(F)ccc3C)c12. The summed E-state index contributed by atoms with van der Waals surface area (Å²) in [4.78, 5) is 21.7. The number of rotatable bonds is 5. The standard InChI is InChI=1S/C18H21FN4O/c1-4-22(5-2)15-8-9-20-17-16(15)23(18(24)21-17)11-13-10-14(19)7-6-12(13)3/h6-10H,4-5,11H2,1-3H3,(H,20,21,24). The number of benzene rings is 1. The zero-order chi connectivity index (χ0) is 17.3. The highest BCUT2D eigenvalue weighted by Gasteiger charge is 2.16. The number of aryl methyl sites for hydroxylation is 1. The minimum absolute atomic E-state index is 0.235. The maximum absolute atomic E-state index is 13.6. The molecule has 2 aromatic heterocycles. The molecule has 6 heteroatoms. The molecule has 0 bridgehead atoms. The van der Waals surface area contributed by atoms with E-state index >= 15 is 0 Å². The smallest absolute Gasteiger partial charge is 0.328 e. The van der Waals surface area contributed by atoms with Crippen LogP contribution >= 0.6 is 0 Å². The van der Waals surface area contributed by atoms with Gasteiger partial charge in [0.15, 0.2) is 5.65 Å². The number of aromatic amines is 1. The van der Waals surface area contributed by atoms with Gasteiger partial charge in [-0.3, -0.25) is 9.55 Å². The molecule has 1 N–H and O–H groups in total. The van der Waals surface area contributed by atoms with Gasteiger partial charge < -0.3 is 4.90 Å². The van der Waals surface area contributed by atoms with Crippen molar-refractivity contribution in [2.75, 3.05) is 18.0 Å². The number of nitrogens with zero attached hydrogens (tertiary/aromatic N) is 3. The molecule has 0 amide bonds. The van der Waals surface area contributed by atoms with Gasteiger partial charge in [0, 0.05) is 19.3 Å². The van der Waals surface area contributed by atoms with Crippen LogP contribution in [0.25, 0.3) is 11.2 Å². The minimum Gasteiger partial charge on any atom is -0.370 e. The van der Waals surface area contributed by atoms with E-state index in [0.29, 0.717) is 12.2 Å². The molecule has 0 fully saturated rings. The number of imidazole rings is 1. The molecule has 3 rings (SSSR count). The maximum Gasteiger partial charge on any atom is 0.328 e. The Kier molecular flexibility index (Phi) is 4.38. The molecule has 2 heterocycles. The summed E-state index contributed by atoms with van der Waals surface area (Å²) in [6.07, 6.45) is 1.70. The summed E-state index contributed by atoms with van der Waals surface area (Å²) in [7, 11) is 0. The number of aromatic nitrogens is 3. The Labute approximate surface area is 139 Å². The van der Waals surface area contributed by atoms with Crippen molar-refractivity contribution in [3.05, 3.63) is 57.9 Å². The van der Waals surface area contributed by atoms with E-state index in [9.17, 15) is 9.18 Å². The van der Waals surface area contributed by atoms with E-state index in [4.69, 9.17) is 0 Å². The Morgan fingerprint density at radius 2 is 2.00 bits per heavy atom. The molecule has 0 spiro atoms. The first-order valence-corrected chi connectivity index (χ1v) is 8.12. The van der Waals surface area contributed by atoms with E-state index in [2.05, 4.69) is 28.7 Å². The maximum atomic E-state index is 13.6. The summed E-state index contributed by atoms with van der Waals surface area (Å²) >= 11 is 0. The molecule has 0 aliphatic carbocycles. The van der Waals surface area contributed by atoms with Gasteiger partial charge in [0.05, 0.1) is 12.2 Å². The number of pyridine rings is 1. The Morgan fingerprint density at radius 1 is 1.25 bits per heavy atom. The minimum atomic E-state index is -0.300. The zero-order valence-electron chi connectivity index (χ0n) is 14.1. The van der Waals surface area contributed by atoms with Gasteiger partial charge in [-0.05, 0) is 50.1 Å². The summed E-state index contributed by atoms with van der Waals surface area (Å²) < 4.78 is 15.2. The van der Waals surface area contributed by atoms with E-state index in [1.807, 2.05) is 13.0 Å². The molecule has 1 aromatic carbocycles. The molecule has 0 aliphatic rings. The lowest BCUT2D eigenvalue weighted by molar-refractivity contribution is 0.622. The number of H-pyrrole nitrogens is 1. The third kappa shape index (κ3) is 2.79. The van der Waals surface area contributed by atoms with Crippen LogP contribution in [0, 0.1) is 12.7 Å². The van der Waals surface area contributed by atoms with Crippen molar-refractivity contribution in [2.45, 2.75) is 27.3 Å². The van der Waals surface area contributed by atoms with Crippen molar-refractivity contribution in [1.82, 2.24) is 14.5 Å². The second-order valence-corrected chi connectivity index (χ2v) is 5.79. The molecule has 3 aromatic rings. The Bertz CT molecular complexity index is 924. The number of fused-ring (bicyclic) bond motifs is 1. The number of anilines is 1. The number of halogens is 1. The topological polar surface area (TPSA) is 53.9 Å². The summed E-state index contributed by atoms with van der Waals surface area (Å²) in [5.74, 6) is -0.300. The fourth-order valence-electron chi connectivity index (χ4n) is 3.02. The summed E-state index contributed by atoms with van der Waals surface area (Å²) in [6, 6.07) is 6.55. The molecule has 0 unspecified atom stereocenters. The third-order valence-electron chi connectivity index (χ3n) is 4.39. The monoisotopic (exact) mass is 328 g/mol. The van der Waals surface area contributed by atoms with Gasteiger partial charge in [-0.2, -0.15) is 0 Å². The summed E-state index contributed by atoms with van der Waals surface area (Å²) in [6.45, 7) is 8.02. The van der Waals surface area contributed by atoms with Crippen LogP contribution in [0.5, 0.6) is 0 Å².